The summed E-state index contributed by atoms with van der Waals surface area (Å²) in [6.45, 7) is 9.13. The number of guanidine groups is 1. The summed E-state index contributed by atoms with van der Waals surface area (Å²) in [7, 11) is 0. The number of para-hydroxylation sites is 2. The van der Waals surface area contributed by atoms with E-state index in [0.29, 0.717) is 12.0 Å². The fourth-order valence-electron chi connectivity index (χ4n) is 3.71. The maximum absolute atomic E-state index is 6.02. The molecule has 2 aromatic rings. The molecule has 1 aromatic heterocycles. The van der Waals surface area contributed by atoms with Crippen molar-refractivity contribution in [3.63, 3.8) is 0 Å². The van der Waals surface area contributed by atoms with Gasteiger partial charge in [0.15, 0.2) is 5.96 Å². The molecular formula is C19H31IN6. The minimum absolute atomic E-state index is 0. The minimum atomic E-state index is 0. The summed E-state index contributed by atoms with van der Waals surface area (Å²) in [5.41, 5.74) is 8.28. The molecule has 0 bridgehead atoms. The molecule has 0 amide bonds. The van der Waals surface area contributed by atoms with Crippen LogP contribution in [0.2, 0.25) is 0 Å². The average Bonchev–Trinajstić information content (AvgIpc) is 3.20. The lowest BCUT2D eigenvalue weighted by Gasteiger charge is -2.21. The average molecular weight is 470 g/mol. The van der Waals surface area contributed by atoms with E-state index in [1.807, 2.05) is 6.07 Å². The molecule has 3 N–H and O–H groups in total. The molecule has 1 aromatic carbocycles. The first-order chi connectivity index (χ1) is 12.2. The fraction of sp³-hybridized carbons (Fsp3) is 0.579. The number of aromatic nitrogens is 2. The van der Waals surface area contributed by atoms with Gasteiger partial charge in [0.25, 0.3) is 0 Å². The molecule has 1 fully saturated rings. The first-order valence-corrected chi connectivity index (χ1v) is 9.38. The highest BCUT2D eigenvalue weighted by atomic mass is 127. The second-order valence-corrected chi connectivity index (χ2v) is 6.73. The van der Waals surface area contributed by atoms with E-state index in [1.165, 1.54) is 24.9 Å². The Bertz CT molecular complexity index is 726. The number of benzene rings is 1. The van der Waals surface area contributed by atoms with Gasteiger partial charge in [-0.3, -0.25) is 9.89 Å². The zero-order valence-corrected chi connectivity index (χ0v) is 18.1. The van der Waals surface area contributed by atoms with Crippen LogP contribution < -0.4 is 11.1 Å². The Morgan fingerprint density at radius 1 is 1.38 bits per heavy atom. The molecular weight excluding hydrogens is 439 g/mol. The quantitative estimate of drug-likeness (QED) is 0.283. The van der Waals surface area contributed by atoms with Gasteiger partial charge >= 0.3 is 0 Å². The Morgan fingerprint density at radius 2 is 2.19 bits per heavy atom. The molecule has 6 nitrogen and oxygen atoms in total. The van der Waals surface area contributed by atoms with Crippen molar-refractivity contribution >= 4 is 41.0 Å². The van der Waals surface area contributed by atoms with Crippen molar-refractivity contribution in [1.29, 1.82) is 0 Å². The Hall–Kier alpha value is -1.35. The number of halogens is 1. The number of hydrogen-bond donors (Lipinski definition) is 2. The normalized spacial score (nSPS) is 18.2. The van der Waals surface area contributed by atoms with Crippen LogP contribution in [0.15, 0.2) is 29.3 Å². The van der Waals surface area contributed by atoms with Gasteiger partial charge in [0.2, 0.25) is 0 Å². The van der Waals surface area contributed by atoms with Crippen molar-refractivity contribution in [2.75, 3.05) is 26.2 Å². The van der Waals surface area contributed by atoms with Crippen molar-refractivity contribution in [1.82, 2.24) is 19.8 Å². The van der Waals surface area contributed by atoms with E-state index < -0.39 is 0 Å². The van der Waals surface area contributed by atoms with E-state index in [1.54, 1.807) is 0 Å². The third-order valence-electron chi connectivity index (χ3n) is 5.09. The number of nitrogens with zero attached hydrogens (tertiary/aromatic N) is 4. The number of aliphatic imine (C=N–C) groups is 1. The highest BCUT2D eigenvalue weighted by molar-refractivity contribution is 14.0. The SMILES string of the molecule is CCN1CCCC1CN=C(N)NCCCn1c(C)nc2ccccc21.I. The molecule has 26 heavy (non-hydrogen) atoms. The number of imidazole rings is 1. The largest absolute Gasteiger partial charge is 0.370 e. The van der Waals surface area contributed by atoms with Crippen LogP contribution >= 0.6 is 24.0 Å². The number of likely N-dealkylation sites (tertiary alicyclic amines) is 1. The number of rotatable bonds is 7. The van der Waals surface area contributed by atoms with E-state index in [-0.39, 0.29) is 24.0 Å². The van der Waals surface area contributed by atoms with Gasteiger partial charge in [0.1, 0.15) is 5.82 Å². The first kappa shape index (κ1) is 21.0. The summed E-state index contributed by atoms with van der Waals surface area (Å²) in [5, 5.41) is 3.24. The van der Waals surface area contributed by atoms with E-state index in [4.69, 9.17) is 5.73 Å². The predicted molar refractivity (Wildman–Crippen MR) is 119 cm³/mol. The van der Waals surface area contributed by atoms with Gasteiger partial charge in [0.05, 0.1) is 17.6 Å². The number of nitrogens with two attached hydrogens (primary N) is 1. The maximum Gasteiger partial charge on any atom is 0.188 e. The van der Waals surface area contributed by atoms with Crippen LogP contribution in [0.5, 0.6) is 0 Å². The van der Waals surface area contributed by atoms with Crippen LogP contribution in [0, 0.1) is 6.92 Å². The summed E-state index contributed by atoms with van der Waals surface area (Å²) in [6, 6.07) is 8.84. The van der Waals surface area contributed by atoms with Crippen molar-refractivity contribution in [3.05, 3.63) is 30.1 Å². The number of aryl methyl sites for hydroxylation is 2. The van der Waals surface area contributed by atoms with Gasteiger partial charge in [-0.1, -0.05) is 19.1 Å². The van der Waals surface area contributed by atoms with Crippen molar-refractivity contribution < 1.29 is 0 Å². The van der Waals surface area contributed by atoms with Crippen molar-refractivity contribution in [2.24, 2.45) is 10.7 Å². The van der Waals surface area contributed by atoms with Crippen LogP contribution in [0.1, 0.15) is 32.0 Å². The Labute approximate surface area is 173 Å². The molecule has 1 aliphatic rings. The molecule has 1 saturated heterocycles. The first-order valence-electron chi connectivity index (χ1n) is 9.38. The topological polar surface area (TPSA) is 71.5 Å². The zero-order valence-electron chi connectivity index (χ0n) is 15.8. The minimum Gasteiger partial charge on any atom is -0.370 e. The molecule has 2 heterocycles. The van der Waals surface area contributed by atoms with E-state index >= 15 is 0 Å². The molecule has 7 heteroatoms. The summed E-state index contributed by atoms with van der Waals surface area (Å²) in [4.78, 5) is 11.6. The van der Waals surface area contributed by atoms with Gasteiger partial charge in [-0.25, -0.2) is 4.98 Å². The number of likely N-dealkylation sites (N-methyl/N-ethyl adjacent to an activating group) is 1. The standard InChI is InChI=1S/C19H30N6.HI/c1-3-24-12-6-8-16(24)14-22-19(20)21-11-7-13-25-15(2)23-17-9-4-5-10-18(17)25;/h4-5,9-10,16H,3,6-8,11-14H2,1-2H3,(H3,20,21,22);1H. The second-order valence-electron chi connectivity index (χ2n) is 6.73. The summed E-state index contributed by atoms with van der Waals surface area (Å²) in [6.07, 6.45) is 3.50. The molecule has 144 valence electrons. The van der Waals surface area contributed by atoms with E-state index in [9.17, 15) is 0 Å². The third-order valence-corrected chi connectivity index (χ3v) is 5.09. The van der Waals surface area contributed by atoms with Gasteiger partial charge in [-0.15, -0.1) is 24.0 Å². The molecule has 1 unspecified atom stereocenters. The molecule has 0 spiro atoms. The smallest absolute Gasteiger partial charge is 0.188 e. The lowest BCUT2D eigenvalue weighted by molar-refractivity contribution is 0.273. The molecule has 1 aliphatic heterocycles. The monoisotopic (exact) mass is 470 g/mol. The van der Waals surface area contributed by atoms with Crippen LogP contribution in [0.3, 0.4) is 0 Å². The van der Waals surface area contributed by atoms with Crippen LogP contribution in [-0.4, -0.2) is 52.6 Å². The highest BCUT2D eigenvalue weighted by Gasteiger charge is 2.22. The summed E-state index contributed by atoms with van der Waals surface area (Å²) in [5.74, 6) is 1.62. The lowest BCUT2D eigenvalue weighted by Crippen LogP contribution is -2.36. The molecule has 0 aliphatic carbocycles. The molecule has 3 rings (SSSR count). The molecule has 0 radical (unpaired) electrons. The van der Waals surface area contributed by atoms with Crippen LogP contribution in [0.25, 0.3) is 11.0 Å². The second kappa shape index (κ2) is 10.1. The Balaban J connectivity index is 0.00000243. The van der Waals surface area contributed by atoms with Gasteiger partial charge < -0.3 is 15.6 Å². The molecule has 0 saturated carbocycles. The Morgan fingerprint density at radius 3 is 3.00 bits per heavy atom. The molecule has 1 atom stereocenters. The van der Waals surface area contributed by atoms with Crippen molar-refractivity contribution in [2.45, 2.75) is 45.7 Å². The predicted octanol–water partition coefficient (Wildman–Crippen LogP) is 2.74. The summed E-state index contributed by atoms with van der Waals surface area (Å²) < 4.78 is 2.27. The summed E-state index contributed by atoms with van der Waals surface area (Å²) >= 11 is 0. The fourth-order valence-corrected chi connectivity index (χ4v) is 3.71. The third kappa shape index (κ3) is 5.09. The Kier molecular flexibility index (Phi) is 8.15. The number of nitrogens with one attached hydrogen (secondary N) is 1. The van der Waals surface area contributed by atoms with Crippen LogP contribution in [-0.2, 0) is 6.54 Å². The van der Waals surface area contributed by atoms with Gasteiger partial charge in [0, 0.05) is 19.1 Å². The lowest BCUT2D eigenvalue weighted by atomic mass is 10.2. The zero-order chi connectivity index (χ0) is 17.6. The van der Waals surface area contributed by atoms with E-state index in [0.717, 1.165) is 43.9 Å². The van der Waals surface area contributed by atoms with Crippen molar-refractivity contribution in [3.8, 4) is 0 Å². The van der Waals surface area contributed by atoms with Crippen LogP contribution in [0.4, 0.5) is 0 Å². The van der Waals surface area contributed by atoms with Gasteiger partial charge in [-0.05, 0) is 51.4 Å². The number of fused-ring (bicyclic) bond motifs is 1. The van der Waals surface area contributed by atoms with Gasteiger partial charge in [-0.2, -0.15) is 0 Å². The highest BCUT2D eigenvalue weighted by Crippen LogP contribution is 2.17. The maximum atomic E-state index is 6.02. The number of hydrogen-bond acceptors (Lipinski definition) is 3. The van der Waals surface area contributed by atoms with E-state index in [2.05, 4.69) is 56.8 Å².